The van der Waals surface area contributed by atoms with E-state index in [1.54, 1.807) is 23.1 Å². The highest BCUT2D eigenvalue weighted by molar-refractivity contribution is 5.68. The molecule has 0 aromatic heterocycles. The van der Waals surface area contributed by atoms with Crippen LogP contribution in [0.25, 0.3) is 0 Å². The summed E-state index contributed by atoms with van der Waals surface area (Å²) in [7, 11) is 0. The zero-order chi connectivity index (χ0) is 17.7. The first-order chi connectivity index (χ1) is 11.3. The van der Waals surface area contributed by atoms with E-state index in [0.29, 0.717) is 18.8 Å². The van der Waals surface area contributed by atoms with Gasteiger partial charge in [0.25, 0.3) is 5.69 Å². The van der Waals surface area contributed by atoms with Gasteiger partial charge in [-0.2, -0.15) is 0 Å². The normalized spacial score (nSPS) is 18.6. The van der Waals surface area contributed by atoms with Gasteiger partial charge >= 0.3 is 6.09 Å². The molecule has 132 valence electrons. The van der Waals surface area contributed by atoms with Crippen LogP contribution in [0, 0.1) is 10.1 Å². The Labute approximate surface area is 142 Å². The van der Waals surface area contributed by atoms with E-state index < -0.39 is 10.5 Å². The first kappa shape index (κ1) is 18.0. The van der Waals surface area contributed by atoms with Crippen molar-refractivity contribution in [2.24, 2.45) is 0 Å². The second-order valence-electron chi connectivity index (χ2n) is 7.04. The lowest BCUT2D eigenvalue weighted by atomic mass is 10.1. The predicted octanol–water partition coefficient (Wildman–Crippen LogP) is 3.80. The SMILES string of the molecule is CC(C)(C)OC(=O)N1CCCCC(Nc2ccccc2[N+](=O)[O-])C1. The maximum Gasteiger partial charge on any atom is 0.410 e. The predicted molar refractivity (Wildman–Crippen MR) is 92.2 cm³/mol. The quantitative estimate of drug-likeness (QED) is 0.671. The van der Waals surface area contributed by atoms with Gasteiger partial charge in [-0.15, -0.1) is 0 Å². The minimum Gasteiger partial charge on any atom is -0.444 e. The van der Waals surface area contributed by atoms with Crippen molar-refractivity contribution in [3.63, 3.8) is 0 Å². The van der Waals surface area contributed by atoms with Crippen molar-refractivity contribution >= 4 is 17.5 Å². The molecule has 1 fully saturated rings. The van der Waals surface area contributed by atoms with Crippen LogP contribution in [-0.4, -0.2) is 40.6 Å². The van der Waals surface area contributed by atoms with Crippen LogP contribution in [0.3, 0.4) is 0 Å². The lowest BCUT2D eigenvalue weighted by Gasteiger charge is -2.28. The number of ether oxygens (including phenoxy) is 1. The molecule has 1 N–H and O–H groups in total. The third-order valence-electron chi connectivity index (χ3n) is 3.78. The highest BCUT2D eigenvalue weighted by Gasteiger charge is 2.27. The van der Waals surface area contributed by atoms with E-state index in [1.807, 2.05) is 20.8 Å². The number of likely N-dealkylation sites (tertiary alicyclic amines) is 1. The van der Waals surface area contributed by atoms with Crippen LogP contribution in [-0.2, 0) is 4.74 Å². The number of nitrogens with one attached hydrogen (secondary N) is 1. The number of hydrogen-bond acceptors (Lipinski definition) is 5. The molecule has 7 heteroatoms. The van der Waals surface area contributed by atoms with E-state index in [9.17, 15) is 14.9 Å². The largest absolute Gasteiger partial charge is 0.444 e. The highest BCUT2D eigenvalue weighted by Crippen LogP contribution is 2.26. The van der Waals surface area contributed by atoms with Crippen LogP contribution in [0.5, 0.6) is 0 Å². The van der Waals surface area contributed by atoms with Crippen LogP contribution >= 0.6 is 0 Å². The van der Waals surface area contributed by atoms with E-state index in [4.69, 9.17) is 4.74 Å². The summed E-state index contributed by atoms with van der Waals surface area (Å²) in [6.07, 6.45) is 2.37. The van der Waals surface area contributed by atoms with Gasteiger partial charge in [-0.25, -0.2) is 4.79 Å². The third-order valence-corrected chi connectivity index (χ3v) is 3.78. The summed E-state index contributed by atoms with van der Waals surface area (Å²) < 4.78 is 5.44. The van der Waals surface area contributed by atoms with Gasteiger partial charge in [0.1, 0.15) is 11.3 Å². The lowest BCUT2D eigenvalue weighted by Crippen LogP contribution is -2.42. The molecule has 0 saturated carbocycles. The number of carbonyl (C=O) groups excluding carboxylic acids is 1. The fourth-order valence-corrected chi connectivity index (χ4v) is 2.73. The smallest absolute Gasteiger partial charge is 0.410 e. The van der Waals surface area contributed by atoms with Gasteiger partial charge in [0, 0.05) is 25.2 Å². The molecule has 1 aromatic rings. The standard InChI is InChI=1S/C17H25N3O4/c1-17(2,3)24-16(21)19-11-7-6-8-13(12-19)18-14-9-4-5-10-15(14)20(22)23/h4-5,9-10,13,18H,6-8,11-12H2,1-3H3. The van der Waals surface area contributed by atoms with Crippen molar-refractivity contribution in [1.29, 1.82) is 0 Å². The molecule has 1 aliphatic heterocycles. The number of anilines is 1. The van der Waals surface area contributed by atoms with Gasteiger partial charge in [-0.05, 0) is 46.1 Å². The van der Waals surface area contributed by atoms with Crippen molar-refractivity contribution in [3.05, 3.63) is 34.4 Å². The number of benzene rings is 1. The van der Waals surface area contributed by atoms with Crippen molar-refractivity contribution in [2.45, 2.75) is 51.7 Å². The molecule has 0 spiro atoms. The van der Waals surface area contributed by atoms with E-state index in [-0.39, 0.29) is 17.8 Å². The van der Waals surface area contributed by atoms with Crippen molar-refractivity contribution in [2.75, 3.05) is 18.4 Å². The minimum atomic E-state index is -0.537. The minimum absolute atomic E-state index is 0.0406. The number of amides is 1. The Morgan fingerprint density at radius 2 is 2.04 bits per heavy atom. The number of rotatable bonds is 3. The Morgan fingerprint density at radius 3 is 2.71 bits per heavy atom. The van der Waals surface area contributed by atoms with Crippen LogP contribution in [0.15, 0.2) is 24.3 Å². The molecule has 1 unspecified atom stereocenters. The molecule has 1 aliphatic rings. The summed E-state index contributed by atoms with van der Waals surface area (Å²) in [6, 6.07) is 6.54. The average molecular weight is 335 g/mol. The van der Waals surface area contributed by atoms with Crippen LogP contribution in [0.4, 0.5) is 16.2 Å². The molecule has 1 heterocycles. The molecule has 0 radical (unpaired) electrons. The topological polar surface area (TPSA) is 84.7 Å². The Kier molecular flexibility index (Phi) is 5.64. The molecule has 1 aromatic carbocycles. The molecular weight excluding hydrogens is 310 g/mol. The van der Waals surface area contributed by atoms with Crippen molar-refractivity contribution < 1.29 is 14.5 Å². The molecule has 1 saturated heterocycles. The summed E-state index contributed by atoms with van der Waals surface area (Å²) >= 11 is 0. The zero-order valence-corrected chi connectivity index (χ0v) is 14.4. The Balaban J connectivity index is 2.08. The van der Waals surface area contributed by atoms with Crippen molar-refractivity contribution in [3.8, 4) is 0 Å². The fraction of sp³-hybridized carbons (Fsp3) is 0.588. The van der Waals surface area contributed by atoms with Crippen LogP contribution in [0.1, 0.15) is 40.0 Å². The molecule has 24 heavy (non-hydrogen) atoms. The number of para-hydroxylation sites is 2. The van der Waals surface area contributed by atoms with E-state index in [0.717, 1.165) is 19.3 Å². The maximum absolute atomic E-state index is 12.3. The zero-order valence-electron chi connectivity index (χ0n) is 14.4. The molecule has 2 rings (SSSR count). The summed E-state index contributed by atoms with van der Waals surface area (Å²) in [5.74, 6) is 0. The van der Waals surface area contributed by atoms with Crippen molar-refractivity contribution in [1.82, 2.24) is 4.90 Å². The van der Waals surface area contributed by atoms with Gasteiger partial charge in [-0.3, -0.25) is 10.1 Å². The Morgan fingerprint density at radius 1 is 1.33 bits per heavy atom. The number of hydrogen-bond donors (Lipinski definition) is 1. The first-order valence-electron chi connectivity index (χ1n) is 8.24. The van der Waals surface area contributed by atoms with Gasteiger partial charge in [0.15, 0.2) is 0 Å². The molecule has 7 nitrogen and oxygen atoms in total. The van der Waals surface area contributed by atoms with Gasteiger partial charge in [-0.1, -0.05) is 12.1 Å². The van der Waals surface area contributed by atoms with Crippen LogP contribution in [0.2, 0.25) is 0 Å². The average Bonchev–Trinajstić information content (AvgIpc) is 2.71. The molecule has 1 atom stereocenters. The molecule has 0 bridgehead atoms. The third kappa shape index (κ3) is 5.11. The Hall–Kier alpha value is -2.31. The summed E-state index contributed by atoms with van der Waals surface area (Å²) in [5.41, 5.74) is -0.00560. The number of nitro groups is 1. The second-order valence-corrected chi connectivity index (χ2v) is 7.04. The summed E-state index contributed by atoms with van der Waals surface area (Å²) in [6.45, 7) is 6.63. The summed E-state index contributed by atoms with van der Waals surface area (Å²) in [5, 5.41) is 14.4. The Bertz CT molecular complexity index is 598. The molecule has 0 aliphatic carbocycles. The van der Waals surface area contributed by atoms with Gasteiger partial charge in [0.2, 0.25) is 0 Å². The van der Waals surface area contributed by atoms with E-state index in [1.165, 1.54) is 6.07 Å². The van der Waals surface area contributed by atoms with Gasteiger partial charge < -0.3 is 15.0 Å². The molecule has 1 amide bonds. The second kappa shape index (κ2) is 7.51. The first-order valence-corrected chi connectivity index (χ1v) is 8.24. The fourth-order valence-electron chi connectivity index (χ4n) is 2.73. The summed E-state index contributed by atoms with van der Waals surface area (Å²) in [4.78, 5) is 24.7. The van der Waals surface area contributed by atoms with E-state index >= 15 is 0 Å². The number of nitro benzene ring substituents is 1. The monoisotopic (exact) mass is 335 g/mol. The number of carbonyl (C=O) groups is 1. The number of nitrogens with zero attached hydrogens (tertiary/aromatic N) is 2. The molecular formula is C17H25N3O4. The van der Waals surface area contributed by atoms with Crippen LogP contribution < -0.4 is 5.32 Å². The lowest BCUT2D eigenvalue weighted by molar-refractivity contribution is -0.384. The maximum atomic E-state index is 12.3. The van der Waals surface area contributed by atoms with E-state index in [2.05, 4.69) is 5.32 Å². The highest BCUT2D eigenvalue weighted by atomic mass is 16.6. The van der Waals surface area contributed by atoms with Gasteiger partial charge in [0.05, 0.1) is 4.92 Å².